The van der Waals surface area contributed by atoms with Crippen molar-refractivity contribution in [2.75, 3.05) is 38.1 Å². The third kappa shape index (κ3) is 2.84. The normalized spacial score (nSPS) is 21.1. The molecule has 1 aromatic rings. The third-order valence-electron chi connectivity index (χ3n) is 4.16. The predicted molar refractivity (Wildman–Crippen MR) is 78.0 cm³/mol. The summed E-state index contributed by atoms with van der Waals surface area (Å²) < 4.78 is 0. The van der Waals surface area contributed by atoms with Crippen LogP contribution in [0.3, 0.4) is 0 Å². The first-order chi connectivity index (χ1) is 9.24. The van der Waals surface area contributed by atoms with Gasteiger partial charge >= 0.3 is 0 Å². The molecule has 0 atom stereocenters. The molecule has 0 unspecified atom stereocenters. The first kappa shape index (κ1) is 13.1. The molecule has 4 nitrogen and oxygen atoms in total. The van der Waals surface area contributed by atoms with Crippen LogP contribution < -0.4 is 4.90 Å². The topological polar surface area (TPSA) is 32.3 Å². The van der Waals surface area contributed by atoms with Crippen molar-refractivity contribution in [1.82, 2.24) is 14.9 Å². The van der Waals surface area contributed by atoms with Gasteiger partial charge in [0.2, 0.25) is 5.95 Å². The number of fused-ring (bicyclic) bond motifs is 1. The zero-order chi connectivity index (χ0) is 13.2. The molecule has 1 aliphatic carbocycles. The van der Waals surface area contributed by atoms with Gasteiger partial charge in [-0.05, 0) is 32.7 Å². The van der Waals surface area contributed by atoms with Crippen molar-refractivity contribution in [3.05, 3.63) is 16.4 Å². The van der Waals surface area contributed by atoms with E-state index in [2.05, 4.69) is 21.8 Å². The maximum atomic E-state index is 6.38. The van der Waals surface area contributed by atoms with E-state index >= 15 is 0 Å². The Labute approximate surface area is 119 Å². The SMILES string of the molecule is CN1CCN(c2nc(Cl)c3c(n2)CCCCC3)CC1. The smallest absolute Gasteiger partial charge is 0.227 e. The third-order valence-corrected chi connectivity index (χ3v) is 4.47. The number of anilines is 1. The highest BCUT2D eigenvalue weighted by molar-refractivity contribution is 6.30. The van der Waals surface area contributed by atoms with Gasteiger partial charge in [-0.1, -0.05) is 18.0 Å². The van der Waals surface area contributed by atoms with Crippen LogP contribution in [0.4, 0.5) is 5.95 Å². The predicted octanol–water partition coefficient (Wildman–Crippen LogP) is 2.15. The molecule has 1 fully saturated rings. The largest absolute Gasteiger partial charge is 0.338 e. The minimum Gasteiger partial charge on any atom is -0.338 e. The first-order valence-corrected chi connectivity index (χ1v) is 7.60. The van der Waals surface area contributed by atoms with Crippen molar-refractivity contribution < 1.29 is 0 Å². The van der Waals surface area contributed by atoms with Gasteiger partial charge in [-0.2, -0.15) is 0 Å². The van der Waals surface area contributed by atoms with E-state index in [0.717, 1.165) is 45.0 Å². The van der Waals surface area contributed by atoms with Gasteiger partial charge in [0, 0.05) is 31.7 Å². The fourth-order valence-electron chi connectivity index (χ4n) is 2.86. The Morgan fingerprint density at radius 1 is 0.947 bits per heavy atom. The van der Waals surface area contributed by atoms with Gasteiger partial charge in [-0.3, -0.25) is 0 Å². The quantitative estimate of drug-likeness (QED) is 0.583. The van der Waals surface area contributed by atoms with E-state index < -0.39 is 0 Å². The van der Waals surface area contributed by atoms with Crippen LogP contribution in [-0.2, 0) is 12.8 Å². The van der Waals surface area contributed by atoms with Crippen LogP contribution in [0.2, 0.25) is 5.15 Å². The van der Waals surface area contributed by atoms with Gasteiger partial charge in [-0.15, -0.1) is 0 Å². The molecule has 1 saturated heterocycles. The Morgan fingerprint density at radius 2 is 1.68 bits per heavy atom. The lowest BCUT2D eigenvalue weighted by Crippen LogP contribution is -2.45. The van der Waals surface area contributed by atoms with E-state index in [0.29, 0.717) is 5.15 Å². The fourth-order valence-corrected chi connectivity index (χ4v) is 3.14. The zero-order valence-corrected chi connectivity index (χ0v) is 12.3. The Morgan fingerprint density at radius 3 is 2.47 bits per heavy atom. The number of rotatable bonds is 1. The van der Waals surface area contributed by atoms with Crippen LogP contribution in [0.5, 0.6) is 0 Å². The van der Waals surface area contributed by atoms with Crippen molar-refractivity contribution in [3.63, 3.8) is 0 Å². The van der Waals surface area contributed by atoms with Crippen molar-refractivity contribution in [2.45, 2.75) is 32.1 Å². The number of hydrogen-bond acceptors (Lipinski definition) is 4. The lowest BCUT2D eigenvalue weighted by atomic mass is 10.1. The van der Waals surface area contributed by atoms with Gasteiger partial charge in [-0.25, -0.2) is 9.97 Å². The molecule has 0 spiro atoms. The van der Waals surface area contributed by atoms with Gasteiger partial charge in [0.15, 0.2) is 0 Å². The highest BCUT2D eigenvalue weighted by Gasteiger charge is 2.21. The van der Waals surface area contributed by atoms with Gasteiger partial charge < -0.3 is 9.80 Å². The molecular formula is C14H21ClN4. The highest BCUT2D eigenvalue weighted by atomic mass is 35.5. The maximum Gasteiger partial charge on any atom is 0.227 e. The van der Waals surface area contributed by atoms with E-state index in [4.69, 9.17) is 16.6 Å². The van der Waals surface area contributed by atoms with Crippen LogP contribution in [0.1, 0.15) is 30.5 Å². The summed E-state index contributed by atoms with van der Waals surface area (Å²) in [6, 6.07) is 0. The molecule has 5 heteroatoms. The number of hydrogen-bond donors (Lipinski definition) is 0. The second-order valence-corrected chi connectivity index (χ2v) is 5.95. The Balaban J connectivity index is 1.86. The fraction of sp³-hybridized carbons (Fsp3) is 0.714. The monoisotopic (exact) mass is 280 g/mol. The summed E-state index contributed by atoms with van der Waals surface area (Å²) in [6.07, 6.45) is 5.80. The minimum atomic E-state index is 0.681. The van der Waals surface area contributed by atoms with Gasteiger partial charge in [0.05, 0.1) is 5.69 Å². The molecule has 104 valence electrons. The number of aromatic nitrogens is 2. The van der Waals surface area contributed by atoms with E-state index in [9.17, 15) is 0 Å². The van der Waals surface area contributed by atoms with Crippen LogP contribution in [0, 0.1) is 0 Å². The lowest BCUT2D eigenvalue weighted by molar-refractivity contribution is 0.311. The average molecular weight is 281 g/mol. The lowest BCUT2D eigenvalue weighted by Gasteiger charge is -2.32. The summed E-state index contributed by atoms with van der Waals surface area (Å²) in [5.41, 5.74) is 2.38. The summed E-state index contributed by atoms with van der Waals surface area (Å²) in [7, 11) is 2.15. The average Bonchev–Trinajstić information content (AvgIpc) is 2.65. The van der Waals surface area contributed by atoms with Crippen molar-refractivity contribution in [3.8, 4) is 0 Å². The molecule has 2 aliphatic rings. The first-order valence-electron chi connectivity index (χ1n) is 7.23. The summed E-state index contributed by atoms with van der Waals surface area (Å²) >= 11 is 6.38. The molecule has 0 N–H and O–H groups in total. The number of piperazine rings is 1. The Kier molecular flexibility index (Phi) is 3.89. The van der Waals surface area contributed by atoms with Crippen molar-refractivity contribution in [1.29, 1.82) is 0 Å². The standard InChI is InChI=1S/C14H21ClN4/c1-18-7-9-19(10-8-18)14-16-12-6-4-2-3-5-11(12)13(15)17-14/h2-10H2,1H3. The number of aryl methyl sites for hydroxylation is 1. The zero-order valence-electron chi connectivity index (χ0n) is 11.5. The molecular weight excluding hydrogens is 260 g/mol. The summed E-state index contributed by atoms with van der Waals surface area (Å²) in [5.74, 6) is 0.832. The van der Waals surface area contributed by atoms with Crippen molar-refractivity contribution >= 4 is 17.5 Å². The molecule has 3 rings (SSSR count). The van der Waals surface area contributed by atoms with Crippen LogP contribution in [0.25, 0.3) is 0 Å². The number of halogens is 1. The minimum absolute atomic E-state index is 0.681. The summed E-state index contributed by atoms with van der Waals surface area (Å²) in [4.78, 5) is 13.9. The van der Waals surface area contributed by atoms with Crippen LogP contribution in [-0.4, -0.2) is 48.1 Å². The molecule has 2 heterocycles. The Bertz CT molecular complexity index is 455. The molecule has 0 saturated carbocycles. The maximum absolute atomic E-state index is 6.38. The Hall–Kier alpha value is -0.870. The molecule has 0 radical (unpaired) electrons. The van der Waals surface area contributed by atoms with Crippen LogP contribution >= 0.6 is 11.6 Å². The van der Waals surface area contributed by atoms with E-state index in [1.807, 2.05) is 0 Å². The molecule has 0 amide bonds. The van der Waals surface area contributed by atoms with Crippen molar-refractivity contribution in [2.24, 2.45) is 0 Å². The molecule has 0 bridgehead atoms. The molecule has 1 aromatic heterocycles. The summed E-state index contributed by atoms with van der Waals surface area (Å²) in [6.45, 7) is 4.12. The van der Waals surface area contributed by atoms with E-state index in [1.165, 1.54) is 30.5 Å². The van der Waals surface area contributed by atoms with Gasteiger partial charge in [0.25, 0.3) is 0 Å². The highest BCUT2D eigenvalue weighted by Crippen LogP contribution is 2.27. The van der Waals surface area contributed by atoms with E-state index in [1.54, 1.807) is 0 Å². The van der Waals surface area contributed by atoms with Crippen LogP contribution in [0.15, 0.2) is 0 Å². The number of likely N-dealkylation sites (N-methyl/N-ethyl adjacent to an activating group) is 1. The summed E-state index contributed by atoms with van der Waals surface area (Å²) in [5, 5.41) is 0.681. The molecule has 1 aliphatic heterocycles. The second-order valence-electron chi connectivity index (χ2n) is 5.59. The second kappa shape index (κ2) is 5.63. The molecule has 0 aromatic carbocycles. The molecule has 19 heavy (non-hydrogen) atoms. The van der Waals surface area contributed by atoms with E-state index in [-0.39, 0.29) is 0 Å². The van der Waals surface area contributed by atoms with Gasteiger partial charge in [0.1, 0.15) is 5.15 Å². The number of nitrogens with zero attached hydrogens (tertiary/aromatic N) is 4.